The smallest absolute Gasteiger partial charge is 0.0412 e. The highest BCUT2D eigenvalue weighted by atomic mass is 35.5. The molecule has 0 unspecified atom stereocenters. The van der Waals surface area contributed by atoms with Crippen molar-refractivity contribution in [1.29, 1.82) is 0 Å². The molecule has 0 aliphatic heterocycles. The molecule has 0 saturated heterocycles. The van der Waals surface area contributed by atoms with Crippen LogP contribution in [0.2, 0.25) is 5.02 Å². The zero-order chi connectivity index (χ0) is 14.7. The molecule has 0 aliphatic carbocycles. The van der Waals surface area contributed by atoms with E-state index in [2.05, 4.69) is 66.8 Å². The van der Waals surface area contributed by atoms with Crippen LogP contribution in [-0.4, -0.2) is 6.54 Å². The van der Waals surface area contributed by atoms with E-state index in [1.807, 2.05) is 6.07 Å². The number of hydrogen-bond acceptors (Lipinski definition) is 1. The van der Waals surface area contributed by atoms with Crippen molar-refractivity contribution < 1.29 is 0 Å². The van der Waals surface area contributed by atoms with Crippen LogP contribution in [0.4, 0.5) is 0 Å². The van der Waals surface area contributed by atoms with E-state index in [1.54, 1.807) is 0 Å². The van der Waals surface area contributed by atoms with Crippen LogP contribution in [0.3, 0.4) is 0 Å². The molecule has 0 fully saturated rings. The molecule has 0 spiro atoms. The molecule has 2 heteroatoms. The van der Waals surface area contributed by atoms with E-state index in [4.69, 9.17) is 11.6 Å². The Hall–Kier alpha value is -1.83. The van der Waals surface area contributed by atoms with E-state index in [1.165, 1.54) is 27.5 Å². The Morgan fingerprint density at radius 1 is 0.905 bits per heavy atom. The number of halogens is 1. The Morgan fingerprint density at radius 2 is 1.71 bits per heavy atom. The fourth-order valence-electron chi connectivity index (χ4n) is 2.59. The van der Waals surface area contributed by atoms with Crippen LogP contribution in [0.1, 0.15) is 12.5 Å². The van der Waals surface area contributed by atoms with E-state index in [-0.39, 0.29) is 0 Å². The van der Waals surface area contributed by atoms with Gasteiger partial charge in [0.1, 0.15) is 0 Å². The van der Waals surface area contributed by atoms with Gasteiger partial charge in [0.15, 0.2) is 0 Å². The minimum absolute atomic E-state index is 0.776. The molecule has 0 amide bonds. The van der Waals surface area contributed by atoms with Gasteiger partial charge < -0.3 is 5.32 Å². The first-order valence-corrected chi connectivity index (χ1v) is 7.64. The highest BCUT2D eigenvalue weighted by Crippen LogP contribution is 2.29. The lowest BCUT2D eigenvalue weighted by Gasteiger charge is -2.12. The number of benzene rings is 3. The van der Waals surface area contributed by atoms with E-state index in [0.717, 1.165) is 18.1 Å². The molecular weight excluding hydrogens is 278 g/mol. The van der Waals surface area contributed by atoms with E-state index >= 15 is 0 Å². The van der Waals surface area contributed by atoms with Crippen molar-refractivity contribution in [2.75, 3.05) is 6.54 Å². The summed E-state index contributed by atoms with van der Waals surface area (Å²) in [5.41, 5.74) is 3.69. The summed E-state index contributed by atoms with van der Waals surface area (Å²) < 4.78 is 0. The molecule has 106 valence electrons. The number of rotatable bonds is 4. The van der Waals surface area contributed by atoms with Gasteiger partial charge in [0.25, 0.3) is 0 Å². The maximum absolute atomic E-state index is 6.20. The van der Waals surface area contributed by atoms with Gasteiger partial charge in [-0.05, 0) is 52.2 Å². The van der Waals surface area contributed by atoms with Crippen LogP contribution in [0, 0.1) is 0 Å². The standard InChI is InChI=1S/C19H18ClN/c1-2-21-13-17-9-10-18(20)12-19(17)16-8-7-14-5-3-4-6-15(14)11-16/h3-12,21H,2,13H2,1H3. The molecule has 0 atom stereocenters. The molecule has 0 saturated carbocycles. The van der Waals surface area contributed by atoms with Crippen LogP contribution < -0.4 is 5.32 Å². The lowest BCUT2D eigenvalue weighted by Crippen LogP contribution is -2.12. The summed E-state index contributed by atoms with van der Waals surface area (Å²) in [5, 5.41) is 6.68. The first kappa shape index (κ1) is 14.1. The maximum Gasteiger partial charge on any atom is 0.0412 e. The Labute approximate surface area is 130 Å². The molecular formula is C19H18ClN. The second kappa shape index (κ2) is 6.30. The zero-order valence-corrected chi connectivity index (χ0v) is 12.8. The summed E-state index contributed by atoms with van der Waals surface area (Å²) in [6.45, 7) is 3.93. The number of nitrogens with one attached hydrogen (secondary N) is 1. The first-order valence-electron chi connectivity index (χ1n) is 7.26. The van der Waals surface area contributed by atoms with Crippen molar-refractivity contribution in [2.24, 2.45) is 0 Å². The van der Waals surface area contributed by atoms with Crippen LogP contribution in [0.15, 0.2) is 60.7 Å². The van der Waals surface area contributed by atoms with E-state index in [0.29, 0.717) is 0 Å². The van der Waals surface area contributed by atoms with E-state index in [9.17, 15) is 0 Å². The molecule has 1 N–H and O–H groups in total. The second-order valence-corrected chi connectivity index (χ2v) is 5.58. The number of hydrogen-bond donors (Lipinski definition) is 1. The van der Waals surface area contributed by atoms with E-state index < -0.39 is 0 Å². The quantitative estimate of drug-likeness (QED) is 0.691. The second-order valence-electron chi connectivity index (χ2n) is 5.14. The number of fused-ring (bicyclic) bond motifs is 1. The Balaban J connectivity index is 2.09. The molecule has 3 aromatic rings. The molecule has 3 aromatic carbocycles. The Morgan fingerprint density at radius 3 is 2.52 bits per heavy atom. The van der Waals surface area contributed by atoms with Crippen molar-refractivity contribution >= 4 is 22.4 Å². The monoisotopic (exact) mass is 295 g/mol. The summed E-state index contributed by atoms with van der Waals surface area (Å²) in [6.07, 6.45) is 0. The normalized spacial score (nSPS) is 11.0. The highest BCUT2D eigenvalue weighted by Gasteiger charge is 2.07. The molecule has 0 heterocycles. The van der Waals surface area contributed by atoms with Gasteiger partial charge in [-0.25, -0.2) is 0 Å². The molecule has 0 radical (unpaired) electrons. The third-order valence-electron chi connectivity index (χ3n) is 3.70. The van der Waals surface area contributed by atoms with Gasteiger partial charge in [-0.2, -0.15) is 0 Å². The van der Waals surface area contributed by atoms with Gasteiger partial charge in [0, 0.05) is 11.6 Å². The molecule has 1 nitrogen and oxygen atoms in total. The van der Waals surface area contributed by atoms with Gasteiger partial charge in [0.05, 0.1) is 0 Å². The summed E-state index contributed by atoms with van der Waals surface area (Å²) in [4.78, 5) is 0. The van der Waals surface area contributed by atoms with Crippen molar-refractivity contribution in [3.05, 3.63) is 71.2 Å². The predicted molar refractivity (Wildman–Crippen MR) is 91.8 cm³/mol. The predicted octanol–water partition coefficient (Wildman–Crippen LogP) is 5.27. The van der Waals surface area contributed by atoms with Crippen molar-refractivity contribution in [3.8, 4) is 11.1 Å². The lowest BCUT2D eigenvalue weighted by atomic mass is 9.97. The summed E-state index contributed by atoms with van der Waals surface area (Å²) in [7, 11) is 0. The molecule has 21 heavy (non-hydrogen) atoms. The fraction of sp³-hybridized carbons (Fsp3) is 0.158. The topological polar surface area (TPSA) is 12.0 Å². The SMILES string of the molecule is CCNCc1ccc(Cl)cc1-c1ccc2ccccc2c1. The van der Waals surface area contributed by atoms with Crippen LogP contribution in [0.5, 0.6) is 0 Å². The average molecular weight is 296 g/mol. The highest BCUT2D eigenvalue weighted by molar-refractivity contribution is 6.30. The zero-order valence-electron chi connectivity index (χ0n) is 12.1. The van der Waals surface area contributed by atoms with Crippen molar-refractivity contribution in [1.82, 2.24) is 5.32 Å². The largest absolute Gasteiger partial charge is 0.313 e. The minimum Gasteiger partial charge on any atom is -0.313 e. The summed E-state index contributed by atoms with van der Waals surface area (Å²) >= 11 is 6.20. The molecule has 0 bridgehead atoms. The van der Waals surface area contributed by atoms with Crippen LogP contribution in [-0.2, 0) is 6.54 Å². The fourth-order valence-corrected chi connectivity index (χ4v) is 2.76. The Bertz CT molecular complexity index is 764. The third kappa shape index (κ3) is 3.10. The maximum atomic E-state index is 6.20. The van der Waals surface area contributed by atoms with Crippen LogP contribution >= 0.6 is 11.6 Å². The summed E-state index contributed by atoms with van der Waals surface area (Å²) in [6, 6.07) is 21.1. The lowest BCUT2D eigenvalue weighted by molar-refractivity contribution is 0.728. The minimum atomic E-state index is 0.776. The van der Waals surface area contributed by atoms with Gasteiger partial charge in [-0.1, -0.05) is 61.0 Å². The first-order chi connectivity index (χ1) is 10.3. The third-order valence-corrected chi connectivity index (χ3v) is 3.93. The van der Waals surface area contributed by atoms with Crippen molar-refractivity contribution in [3.63, 3.8) is 0 Å². The van der Waals surface area contributed by atoms with Gasteiger partial charge in [-0.15, -0.1) is 0 Å². The molecule has 0 aliphatic rings. The molecule has 3 rings (SSSR count). The van der Waals surface area contributed by atoms with Crippen molar-refractivity contribution in [2.45, 2.75) is 13.5 Å². The molecule has 0 aromatic heterocycles. The van der Waals surface area contributed by atoms with Gasteiger partial charge in [-0.3, -0.25) is 0 Å². The Kier molecular flexibility index (Phi) is 4.23. The summed E-state index contributed by atoms with van der Waals surface area (Å²) in [5.74, 6) is 0. The van der Waals surface area contributed by atoms with Gasteiger partial charge in [0.2, 0.25) is 0 Å². The average Bonchev–Trinajstić information content (AvgIpc) is 2.53. The van der Waals surface area contributed by atoms with Gasteiger partial charge >= 0.3 is 0 Å². The van der Waals surface area contributed by atoms with Crippen LogP contribution in [0.25, 0.3) is 21.9 Å².